The van der Waals surface area contributed by atoms with E-state index in [1.54, 1.807) is 6.26 Å². The third kappa shape index (κ3) is 31.6. The normalized spacial score (nSPS) is 12.7. The SMILES string of the molecule is CCCCCCCCCCCCCC/C=C\OC[C@H](COP(=O)(O)O)OC(=O)CCCCCCCCCCCC. The number of carbonyl (C=O) groups excluding carboxylic acids is 1. The quantitative estimate of drug-likeness (QED) is 0.0358. The first-order chi connectivity index (χ1) is 19.4. The minimum atomic E-state index is -4.65. The van der Waals surface area contributed by atoms with E-state index in [0.29, 0.717) is 0 Å². The number of esters is 1. The molecular formula is C32H63O7P. The van der Waals surface area contributed by atoms with Crippen LogP contribution in [0.4, 0.5) is 0 Å². The summed E-state index contributed by atoms with van der Waals surface area (Å²) in [5.74, 6) is -0.386. The molecule has 0 fully saturated rings. The Morgan fingerprint density at radius 1 is 0.650 bits per heavy atom. The zero-order valence-electron chi connectivity index (χ0n) is 26.0. The van der Waals surface area contributed by atoms with E-state index in [0.717, 1.165) is 32.1 Å². The highest BCUT2D eigenvalue weighted by molar-refractivity contribution is 7.46. The lowest BCUT2D eigenvalue weighted by Crippen LogP contribution is -2.27. The molecule has 0 aromatic heterocycles. The molecule has 0 radical (unpaired) electrons. The number of rotatable bonds is 31. The maximum Gasteiger partial charge on any atom is 0.469 e. The van der Waals surface area contributed by atoms with Crippen molar-refractivity contribution in [3.8, 4) is 0 Å². The third-order valence-corrected chi connectivity index (χ3v) is 7.65. The summed E-state index contributed by atoms with van der Waals surface area (Å²) >= 11 is 0. The maximum absolute atomic E-state index is 12.2. The van der Waals surface area contributed by atoms with Gasteiger partial charge in [0.2, 0.25) is 0 Å². The Bertz CT molecular complexity index is 620. The van der Waals surface area contributed by atoms with Gasteiger partial charge in [-0.2, -0.15) is 0 Å². The molecule has 0 aromatic carbocycles. The van der Waals surface area contributed by atoms with E-state index in [9.17, 15) is 9.36 Å². The Kier molecular flexibility index (Phi) is 29.0. The first-order valence-corrected chi connectivity index (χ1v) is 18.1. The van der Waals surface area contributed by atoms with Gasteiger partial charge < -0.3 is 19.3 Å². The van der Waals surface area contributed by atoms with Crippen molar-refractivity contribution < 1.29 is 33.1 Å². The number of unbranched alkanes of at least 4 members (excludes halogenated alkanes) is 21. The lowest BCUT2D eigenvalue weighted by atomic mass is 10.0. The molecule has 2 N–H and O–H groups in total. The predicted octanol–water partition coefficient (Wildman–Crippen LogP) is 9.94. The molecule has 0 spiro atoms. The Balaban J connectivity index is 3.91. The van der Waals surface area contributed by atoms with Crippen LogP contribution in [0.1, 0.15) is 168 Å². The average molecular weight is 591 g/mol. The van der Waals surface area contributed by atoms with Gasteiger partial charge in [0, 0.05) is 6.42 Å². The Morgan fingerprint density at radius 3 is 1.52 bits per heavy atom. The zero-order valence-corrected chi connectivity index (χ0v) is 26.9. The molecule has 1 atom stereocenters. The number of ether oxygens (including phenoxy) is 2. The third-order valence-electron chi connectivity index (χ3n) is 7.16. The van der Waals surface area contributed by atoms with E-state index < -0.39 is 20.5 Å². The summed E-state index contributed by atoms with van der Waals surface area (Å²) in [6, 6.07) is 0. The van der Waals surface area contributed by atoms with Crippen LogP contribution in [0.25, 0.3) is 0 Å². The predicted molar refractivity (Wildman–Crippen MR) is 165 cm³/mol. The summed E-state index contributed by atoms with van der Waals surface area (Å²) < 4.78 is 26.5. The first kappa shape index (κ1) is 39.1. The minimum Gasteiger partial charge on any atom is -0.498 e. The molecule has 7 nitrogen and oxygen atoms in total. The number of allylic oxidation sites excluding steroid dienone is 1. The van der Waals surface area contributed by atoms with Crippen LogP contribution >= 0.6 is 7.82 Å². The summed E-state index contributed by atoms with van der Waals surface area (Å²) in [5.41, 5.74) is 0. The van der Waals surface area contributed by atoms with Crippen molar-refractivity contribution >= 4 is 13.8 Å². The van der Waals surface area contributed by atoms with Gasteiger partial charge in [0.15, 0.2) is 6.10 Å². The van der Waals surface area contributed by atoms with E-state index in [1.165, 1.54) is 116 Å². The summed E-state index contributed by atoms with van der Waals surface area (Å²) in [6.07, 6.45) is 31.5. The summed E-state index contributed by atoms with van der Waals surface area (Å²) in [6.45, 7) is 4.08. The molecule has 0 aliphatic heterocycles. The molecule has 0 aliphatic carbocycles. The van der Waals surface area contributed by atoms with Gasteiger partial charge in [-0.3, -0.25) is 9.32 Å². The lowest BCUT2D eigenvalue weighted by molar-refractivity contribution is -0.153. The smallest absolute Gasteiger partial charge is 0.469 e. The van der Waals surface area contributed by atoms with Gasteiger partial charge in [-0.1, -0.05) is 142 Å². The summed E-state index contributed by atoms with van der Waals surface area (Å²) in [4.78, 5) is 30.3. The molecule has 0 aromatic rings. The largest absolute Gasteiger partial charge is 0.498 e. The molecule has 0 bridgehead atoms. The summed E-state index contributed by atoms with van der Waals surface area (Å²) in [7, 11) is -4.65. The Morgan fingerprint density at radius 2 is 1.07 bits per heavy atom. The molecule has 0 saturated carbocycles. The van der Waals surface area contributed by atoms with Gasteiger partial charge in [0.05, 0.1) is 12.9 Å². The Hall–Kier alpha value is -0.880. The van der Waals surface area contributed by atoms with Crippen LogP contribution in [0.2, 0.25) is 0 Å². The lowest BCUT2D eigenvalue weighted by Gasteiger charge is -2.18. The molecular weight excluding hydrogens is 527 g/mol. The molecule has 0 saturated heterocycles. The number of phosphoric acid groups is 1. The molecule has 0 unspecified atom stereocenters. The van der Waals surface area contributed by atoms with Crippen LogP contribution in [-0.4, -0.2) is 35.1 Å². The van der Waals surface area contributed by atoms with Gasteiger partial charge >= 0.3 is 13.8 Å². The second-order valence-corrected chi connectivity index (χ2v) is 12.5. The Labute approximate surface area is 246 Å². The molecule has 0 aliphatic rings. The van der Waals surface area contributed by atoms with E-state index in [4.69, 9.17) is 19.3 Å². The van der Waals surface area contributed by atoms with Crippen LogP contribution in [0, 0.1) is 0 Å². The highest BCUT2D eigenvalue weighted by Crippen LogP contribution is 2.35. The second kappa shape index (κ2) is 29.6. The monoisotopic (exact) mass is 590 g/mol. The fourth-order valence-corrected chi connectivity index (χ4v) is 5.06. The standard InChI is InChI=1S/C32H63O7P/c1-3-5-7-9-11-13-15-16-17-18-20-22-24-26-28-37-29-31(30-38-40(34,35)36)39-32(33)27-25-23-21-19-14-12-10-8-6-4-2/h26,28,31H,3-25,27,29-30H2,1-2H3,(H2,34,35,36)/b28-26-/t31-/m1/s1. The molecule has 238 valence electrons. The van der Waals surface area contributed by atoms with Crippen LogP contribution in [0.15, 0.2) is 12.3 Å². The highest BCUT2D eigenvalue weighted by atomic mass is 31.2. The van der Waals surface area contributed by atoms with E-state index in [-0.39, 0.29) is 19.0 Å². The van der Waals surface area contributed by atoms with Crippen molar-refractivity contribution in [1.29, 1.82) is 0 Å². The number of hydrogen-bond donors (Lipinski definition) is 2. The van der Waals surface area contributed by atoms with Gasteiger partial charge in [0.25, 0.3) is 0 Å². The van der Waals surface area contributed by atoms with Crippen molar-refractivity contribution in [2.45, 2.75) is 174 Å². The molecule has 8 heteroatoms. The highest BCUT2D eigenvalue weighted by Gasteiger charge is 2.21. The molecule has 0 amide bonds. The van der Waals surface area contributed by atoms with Crippen molar-refractivity contribution in [3.05, 3.63) is 12.3 Å². The van der Waals surface area contributed by atoms with Gasteiger partial charge in [-0.25, -0.2) is 4.57 Å². The van der Waals surface area contributed by atoms with Gasteiger partial charge in [-0.05, 0) is 25.3 Å². The van der Waals surface area contributed by atoms with Gasteiger partial charge in [0.1, 0.15) is 6.61 Å². The first-order valence-electron chi connectivity index (χ1n) is 16.5. The summed E-state index contributed by atoms with van der Waals surface area (Å²) in [5, 5.41) is 0. The van der Waals surface area contributed by atoms with Crippen molar-refractivity contribution in [3.63, 3.8) is 0 Å². The maximum atomic E-state index is 12.2. The molecule has 0 heterocycles. The van der Waals surface area contributed by atoms with Crippen molar-refractivity contribution in [1.82, 2.24) is 0 Å². The fraction of sp³-hybridized carbons (Fsp3) is 0.906. The topological polar surface area (TPSA) is 102 Å². The number of carbonyl (C=O) groups is 1. The van der Waals surface area contributed by atoms with E-state index >= 15 is 0 Å². The zero-order chi connectivity index (χ0) is 29.6. The van der Waals surface area contributed by atoms with E-state index in [1.807, 2.05) is 6.08 Å². The van der Waals surface area contributed by atoms with Crippen molar-refractivity contribution in [2.75, 3.05) is 13.2 Å². The molecule has 40 heavy (non-hydrogen) atoms. The van der Waals surface area contributed by atoms with Crippen LogP contribution in [0.5, 0.6) is 0 Å². The van der Waals surface area contributed by atoms with Gasteiger partial charge in [-0.15, -0.1) is 0 Å². The van der Waals surface area contributed by atoms with Crippen LogP contribution in [-0.2, 0) is 23.4 Å². The second-order valence-electron chi connectivity index (χ2n) is 11.2. The van der Waals surface area contributed by atoms with E-state index in [2.05, 4.69) is 18.4 Å². The number of hydrogen-bond acceptors (Lipinski definition) is 5. The average Bonchev–Trinajstić information content (AvgIpc) is 2.92. The fourth-order valence-electron chi connectivity index (χ4n) is 4.70. The van der Waals surface area contributed by atoms with Crippen molar-refractivity contribution in [2.24, 2.45) is 0 Å². The number of phosphoric ester groups is 1. The minimum absolute atomic E-state index is 0.00127. The molecule has 0 rings (SSSR count). The van der Waals surface area contributed by atoms with Crippen LogP contribution in [0.3, 0.4) is 0 Å². The van der Waals surface area contributed by atoms with Crippen LogP contribution < -0.4 is 0 Å².